The largest absolute Gasteiger partial charge is 0.508 e. The second-order valence-electron chi connectivity index (χ2n) is 9.96. The molecule has 10 atom stereocenters. The van der Waals surface area contributed by atoms with Crippen LogP contribution in [-0.4, -0.2) is 121 Å². The van der Waals surface area contributed by atoms with Gasteiger partial charge in [-0.15, -0.1) is 0 Å². The SMILES string of the molecule is O=c1cc(-c2ccc(O)cc2)oc2cc(O[C@@H]3O[C@H](CO)[C@@H](O[C@@H]4O[C@H](CO)[C@@H](O)[C@H](O)[C@H]4O)[C@H](O)[C@H]3O)cc(O)c12. The number of hydrogen-bond donors (Lipinski definition) is 9. The van der Waals surface area contributed by atoms with E-state index in [-0.39, 0.29) is 28.2 Å². The van der Waals surface area contributed by atoms with Gasteiger partial charge in [0, 0.05) is 23.8 Å². The summed E-state index contributed by atoms with van der Waals surface area (Å²) in [7, 11) is 0. The fraction of sp³-hybridized carbons (Fsp3) is 0.444. The van der Waals surface area contributed by atoms with E-state index in [9.17, 15) is 50.8 Å². The van der Waals surface area contributed by atoms with Gasteiger partial charge in [-0.25, -0.2) is 0 Å². The van der Waals surface area contributed by atoms with Gasteiger partial charge in [0.2, 0.25) is 6.29 Å². The Kier molecular flexibility index (Phi) is 8.68. The zero-order chi connectivity index (χ0) is 30.3. The molecule has 2 aliphatic heterocycles. The van der Waals surface area contributed by atoms with Crippen molar-refractivity contribution in [3.05, 3.63) is 52.7 Å². The van der Waals surface area contributed by atoms with Crippen LogP contribution in [0.4, 0.5) is 0 Å². The maximum atomic E-state index is 12.7. The Morgan fingerprint density at radius 2 is 1.38 bits per heavy atom. The van der Waals surface area contributed by atoms with Crippen LogP contribution in [0.3, 0.4) is 0 Å². The third-order valence-electron chi connectivity index (χ3n) is 7.15. The van der Waals surface area contributed by atoms with Gasteiger partial charge < -0.3 is 69.3 Å². The second kappa shape index (κ2) is 12.1. The number of hydrogen-bond acceptors (Lipinski definition) is 15. The van der Waals surface area contributed by atoms with E-state index in [0.717, 1.165) is 6.07 Å². The average molecular weight is 595 g/mol. The first kappa shape index (κ1) is 30.1. The van der Waals surface area contributed by atoms with Gasteiger partial charge in [0.25, 0.3) is 0 Å². The number of ether oxygens (including phenoxy) is 4. The van der Waals surface area contributed by atoms with Crippen molar-refractivity contribution in [1.82, 2.24) is 0 Å². The molecule has 1 aromatic heterocycles. The Bertz CT molecular complexity index is 1440. The molecule has 0 unspecified atom stereocenters. The molecule has 3 heterocycles. The minimum Gasteiger partial charge on any atom is -0.508 e. The van der Waals surface area contributed by atoms with Crippen LogP contribution in [0, 0.1) is 0 Å². The van der Waals surface area contributed by atoms with Crippen molar-refractivity contribution in [2.24, 2.45) is 0 Å². The highest BCUT2D eigenvalue weighted by Crippen LogP contribution is 2.34. The lowest BCUT2D eigenvalue weighted by Crippen LogP contribution is -2.65. The van der Waals surface area contributed by atoms with Gasteiger partial charge in [-0.3, -0.25) is 4.79 Å². The summed E-state index contributed by atoms with van der Waals surface area (Å²) in [5.74, 6) is -0.526. The minimum atomic E-state index is -1.84. The van der Waals surface area contributed by atoms with E-state index in [0.29, 0.717) is 5.56 Å². The highest BCUT2D eigenvalue weighted by atomic mass is 16.7. The zero-order valence-electron chi connectivity index (χ0n) is 21.7. The van der Waals surface area contributed by atoms with E-state index in [1.807, 2.05) is 0 Å². The highest BCUT2D eigenvalue weighted by Gasteiger charge is 2.51. The van der Waals surface area contributed by atoms with Gasteiger partial charge in [-0.05, 0) is 24.3 Å². The molecule has 42 heavy (non-hydrogen) atoms. The van der Waals surface area contributed by atoms with E-state index >= 15 is 0 Å². The standard InChI is InChI=1S/C27H30O15/c28-8-17-20(33)21(34)23(36)27(40-17)42-25-18(9-29)41-26(24(37)22(25)35)38-12-5-13(31)19-14(32)7-15(39-16(19)6-12)10-1-3-11(30)4-2-10/h1-7,17-18,20-31,33-37H,8-9H2/t17-,18-,20-,21+,22-,23-,24-,25-,26-,27+/m1/s1. The Balaban J connectivity index is 1.37. The topological polar surface area (TPSA) is 249 Å². The van der Waals surface area contributed by atoms with Crippen molar-refractivity contribution in [3.63, 3.8) is 0 Å². The molecular weight excluding hydrogens is 564 g/mol. The summed E-state index contributed by atoms with van der Waals surface area (Å²) < 4.78 is 27.8. The summed E-state index contributed by atoms with van der Waals surface area (Å²) in [6.07, 6.45) is -16.5. The fourth-order valence-corrected chi connectivity index (χ4v) is 4.87. The number of benzene rings is 2. The number of phenolic OH excluding ortho intramolecular Hbond substituents is 2. The smallest absolute Gasteiger partial charge is 0.229 e. The molecule has 0 spiro atoms. The van der Waals surface area contributed by atoms with E-state index in [1.165, 1.54) is 36.4 Å². The number of aliphatic hydroxyl groups is 7. The molecule has 9 N–H and O–H groups in total. The molecule has 0 aliphatic carbocycles. The predicted octanol–water partition coefficient (Wildman–Crippen LogP) is -2.13. The Morgan fingerprint density at radius 3 is 2.05 bits per heavy atom. The van der Waals surface area contributed by atoms with Crippen molar-refractivity contribution in [1.29, 1.82) is 0 Å². The van der Waals surface area contributed by atoms with Crippen LogP contribution in [-0.2, 0) is 14.2 Å². The molecule has 0 saturated carbocycles. The first-order chi connectivity index (χ1) is 20.0. The van der Waals surface area contributed by atoms with E-state index in [2.05, 4.69) is 0 Å². The molecule has 15 nitrogen and oxygen atoms in total. The lowest BCUT2D eigenvalue weighted by molar-refractivity contribution is -0.352. The molecule has 2 aliphatic rings. The van der Waals surface area contributed by atoms with Gasteiger partial charge in [-0.1, -0.05) is 0 Å². The summed E-state index contributed by atoms with van der Waals surface area (Å²) in [6, 6.07) is 9.31. The molecule has 2 aromatic carbocycles. The van der Waals surface area contributed by atoms with Gasteiger partial charge in [0.05, 0.1) is 13.2 Å². The first-order valence-electron chi connectivity index (χ1n) is 12.9. The zero-order valence-corrected chi connectivity index (χ0v) is 21.7. The van der Waals surface area contributed by atoms with Crippen molar-refractivity contribution in [2.45, 2.75) is 61.4 Å². The minimum absolute atomic E-state index is 0.00505. The number of phenols is 2. The third kappa shape index (κ3) is 5.67. The summed E-state index contributed by atoms with van der Waals surface area (Å²) in [5, 5.41) is 91.0. The Hall–Kier alpha value is -3.35. The van der Waals surface area contributed by atoms with Crippen LogP contribution < -0.4 is 10.2 Å². The normalized spacial score (nSPS) is 33.5. The van der Waals surface area contributed by atoms with Crippen molar-refractivity contribution >= 4 is 11.0 Å². The molecule has 2 fully saturated rings. The molecule has 2 saturated heterocycles. The number of rotatable bonds is 7. The van der Waals surface area contributed by atoms with Crippen molar-refractivity contribution < 1.29 is 69.3 Å². The number of aromatic hydroxyl groups is 2. The fourth-order valence-electron chi connectivity index (χ4n) is 4.87. The molecule has 5 rings (SSSR count). The monoisotopic (exact) mass is 594 g/mol. The number of fused-ring (bicyclic) bond motifs is 1. The lowest BCUT2D eigenvalue weighted by Gasteiger charge is -2.45. The maximum Gasteiger partial charge on any atom is 0.229 e. The highest BCUT2D eigenvalue weighted by molar-refractivity contribution is 5.86. The lowest BCUT2D eigenvalue weighted by atomic mass is 9.97. The maximum absolute atomic E-state index is 12.7. The molecule has 0 amide bonds. The summed E-state index contributed by atoms with van der Waals surface area (Å²) in [6.45, 7) is -1.51. The van der Waals surface area contributed by atoms with Crippen molar-refractivity contribution in [2.75, 3.05) is 13.2 Å². The molecule has 15 heteroatoms. The van der Waals surface area contributed by atoms with Crippen molar-refractivity contribution in [3.8, 4) is 28.6 Å². The quantitative estimate of drug-likeness (QED) is 0.142. The molecule has 3 aromatic rings. The van der Waals surface area contributed by atoms with Crippen LogP contribution in [0.15, 0.2) is 51.7 Å². The molecule has 228 valence electrons. The van der Waals surface area contributed by atoms with Gasteiger partial charge in [-0.2, -0.15) is 0 Å². The summed E-state index contributed by atoms with van der Waals surface area (Å²) in [4.78, 5) is 12.7. The molecule has 0 bridgehead atoms. The Labute approximate surface area is 236 Å². The van der Waals surface area contributed by atoms with E-state index < -0.39 is 85.8 Å². The number of aliphatic hydroxyl groups excluding tert-OH is 7. The Morgan fingerprint density at radius 1 is 0.738 bits per heavy atom. The average Bonchev–Trinajstić information content (AvgIpc) is 2.96. The second-order valence-corrected chi connectivity index (χ2v) is 9.96. The summed E-state index contributed by atoms with van der Waals surface area (Å²) in [5.41, 5.74) is -0.196. The summed E-state index contributed by atoms with van der Waals surface area (Å²) >= 11 is 0. The van der Waals surface area contributed by atoms with Crippen LogP contribution in [0.25, 0.3) is 22.3 Å². The predicted molar refractivity (Wildman–Crippen MR) is 138 cm³/mol. The first-order valence-corrected chi connectivity index (χ1v) is 12.9. The van der Waals surface area contributed by atoms with E-state index in [4.69, 9.17) is 23.4 Å². The third-order valence-corrected chi connectivity index (χ3v) is 7.15. The van der Waals surface area contributed by atoms with Gasteiger partial charge in [0.1, 0.15) is 82.8 Å². The van der Waals surface area contributed by atoms with E-state index in [1.54, 1.807) is 0 Å². The van der Waals surface area contributed by atoms with Crippen LogP contribution >= 0.6 is 0 Å². The molecule has 0 radical (unpaired) electrons. The molecular formula is C27H30O15. The van der Waals surface area contributed by atoms with Crippen LogP contribution in [0.2, 0.25) is 0 Å². The van der Waals surface area contributed by atoms with Crippen LogP contribution in [0.5, 0.6) is 17.2 Å². The van der Waals surface area contributed by atoms with Gasteiger partial charge in [0.15, 0.2) is 11.7 Å². The van der Waals surface area contributed by atoms with Crippen LogP contribution in [0.1, 0.15) is 0 Å². The van der Waals surface area contributed by atoms with Gasteiger partial charge >= 0.3 is 0 Å².